The summed E-state index contributed by atoms with van der Waals surface area (Å²) < 4.78 is 3.34. The molecule has 0 aromatic heterocycles. The Morgan fingerprint density at radius 2 is 1.71 bits per heavy atom. The zero-order valence-electron chi connectivity index (χ0n) is 13.1. The molecule has 0 unspecified atom stereocenters. The van der Waals surface area contributed by atoms with Gasteiger partial charge in [0.2, 0.25) is 3.79 Å². The van der Waals surface area contributed by atoms with E-state index in [2.05, 4.69) is 10.6 Å². The van der Waals surface area contributed by atoms with Crippen molar-refractivity contribution < 1.29 is 9.53 Å². The average molecular weight is 388 g/mol. The van der Waals surface area contributed by atoms with Gasteiger partial charge in [-0.1, -0.05) is 53.0 Å². The van der Waals surface area contributed by atoms with Crippen molar-refractivity contribution in [2.45, 2.75) is 16.9 Å². The molecule has 2 aromatic carbocycles. The van der Waals surface area contributed by atoms with Gasteiger partial charge >= 0.3 is 0 Å². The van der Waals surface area contributed by atoms with Crippen LogP contribution in [0.2, 0.25) is 0 Å². The van der Waals surface area contributed by atoms with E-state index in [1.54, 1.807) is 31.4 Å². The summed E-state index contributed by atoms with van der Waals surface area (Å²) in [7, 11) is 1.56. The smallest absolute Gasteiger partial charge is 0.252 e. The van der Waals surface area contributed by atoms with E-state index >= 15 is 0 Å². The second kappa shape index (κ2) is 7.97. The summed E-state index contributed by atoms with van der Waals surface area (Å²) in [6.07, 6.45) is -0.904. The highest BCUT2D eigenvalue weighted by molar-refractivity contribution is 6.68. The molecule has 24 heavy (non-hydrogen) atoms. The number of hydrogen-bond acceptors (Lipinski definition) is 3. The van der Waals surface area contributed by atoms with Crippen LogP contribution >= 0.6 is 34.8 Å². The Morgan fingerprint density at radius 3 is 2.25 bits per heavy atom. The van der Waals surface area contributed by atoms with Crippen molar-refractivity contribution in [1.82, 2.24) is 5.32 Å². The average Bonchev–Trinajstić information content (AvgIpc) is 2.55. The molecule has 0 aliphatic rings. The SMILES string of the molecule is COc1ccc(C(=O)N[C@H](Nc2ccccc2C)C(Cl)(Cl)Cl)cc1. The molecule has 0 spiro atoms. The second-order valence-electron chi connectivity index (χ2n) is 5.14. The van der Waals surface area contributed by atoms with Gasteiger partial charge in [0.15, 0.2) is 0 Å². The number of aryl methyl sites for hydroxylation is 1. The number of amides is 1. The Kier molecular flexibility index (Phi) is 6.21. The monoisotopic (exact) mass is 386 g/mol. The molecule has 0 heterocycles. The molecule has 0 saturated carbocycles. The molecule has 0 aliphatic heterocycles. The molecule has 128 valence electrons. The van der Waals surface area contributed by atoms with Crippen LogP contribution in [0.1, 0.15) is 15.9 Å². The van der Waals surface area contributed by atoms with E-state index in [0.717, 1.165) is 11.3 Å². The molecule has 7 heteroatoms. The molecule has 0 radical (unpaired) electrons. The number of ether oxygens (including phenoxy) is 1. The maximum atomic E-state index is 12.4. The topological polar surface area (TPSA) is 50.4 Å². The Hall–Kier alpha value is -1.62. The number of carbonyl (C=O) groups excluding carboxylic acids is 1. The largest absolute Gasteiger partial charge is 0.497 e. The van der Waals surface area contributed by atoms with Gasteiger partial charge in [-0.25, -0.2) is 0 Å². The third-order valence-electron chi connectivity index (χ3n) is 3.40. The number of para-hydroxylation sites is 1. The van der Waals surface area contributed by atoms with Crippen molar-refractivity contribution in [3.63, 3.8) is 0 Å². The second-order valence-corrected chi connectivity index (χ2v) is 7.50. The summed E-state index contributed by atoms with van der Waals surface area (Å²) in [4.78, 5) is 12.4. The van der Waals surface area contributed by atoms with Gasteiger partial charge in [0.25, 0.3) is 5.91 Å². The highest BCUT2D eigenvalue weighted by atomic mass is 35.6. The quantitative estimate of drug-likeness (QED) is 0.585. The molecule has 0 aliphatic carbocycles. The maximum Gasteiger partial charge on any atom is 0.252 e. The third-order valence-corrected chi connectivity index (χ3v) is 4.05. The van der Waals surface area contributed by atoms with Gasteiger partial charge in [0.05, 0.1) is 7.11 Å². The fourth-order valence-electron chi connectivity index (χ4n) is 2.05. The van der Waals surface area contributed by atoms with Gasteiger partial charge in [0.1, 0.15) is 11.9 Å². The first kappa shape index (κ1) is 18.7. The summed E-state index contributed by atoms with van der Waals surface area (Å²) in [6.45, 7) is 1.92. The summed E-state index contributed by atoms with van der Waals surface area (Å²) in [5, 5.41) is 5.76. The number of nitrogens with one attached hydrogen (secondary N) is 2. The van der Waals surface area contributed by atoms with E-state index < -0.39 is 9.96 Å². The standard InChI is InChI=1S/C17H17Cl3N2O2/c1-11-5-3-4-6-14(11)21-16(17(18,19)20)22-15(23)12-7-9-13(24-2)10-8-12/h3-10,16,21H,1-2H3,(H,22,23)/t16-/m0/s1. The zero-order valence-corrected chi connectivity index (χ0v) is 15.4. The van der Waals surface area contributed by atoms with Gasteiger partial charge in [-0.05, 0) is 42.8 Å². The van der Waals surface area contributed by atoms with Crippen molar-refractivity contribution in [2.75, 3.05) is 12.4 Å². The molecule has 2 rings (SSSR count). The lowest BCUT2D eigenvalue weighted by Crippen LogP contribution is -2.49. The summed E-state index contributed by atoms with van der Waals surface area (Å²) in [5.41, 5.74) is 2.17. The number of rotatable bonds is 5. The minimum Gasteiger partial charge on any atom is -0.497 e. The highest BCUT2D eigenvalue weighted by Gasteiger charge is 2.34. The number of anilines is 1. The van der Waals surface area contributed by atoms with Crippen molar-refractivity contribution in [1.29, 1.82) is 0 Å². The first-order valence-corrected chi connectivity index (χ1v) is 8.28. The van der Waals surface area contributed by atoms with Crippen LogP contribution < -0.4 is 15.4 Å². The predicted molar refractivity (Wildman–Crippen MR) is 99.3 cm³/mol. The normalized spacial score (nSPS) is 12.4. The molecule has 1 amide bonds. The molecule has 4 nitrogen and oxygen atoms in total. The minimum atomic E-state index is -1.73. The number of alkyl halides is 3. The Bertz CT molecular complexity index is 700. The molecule has 0 fully saturated rings. The summed E-state index contributed by atoms with van der Waals surface area (Å²) >= 11 is 18.0. The van der Waals surface area contributed by atoms with Crippen LogP contribution in [0, 0.1) is 6.92 Å². The summed E-state index contributed by atoms with van der Waals surface area (Å²) in [6, 6.07) is 14.2. The van der Waals surface area contributed by atoms with Gasteiger partial charge in [-0.3, -0.25) is 4.79 Å². The Labute approximate surface area is 156 Å². The van der Waals surface area contributed by atoms with E-state index in [9.17, 15) is 4.79 Å². The first-order valence-electron chi connectivity index (χ1n) is 7.15. The van der Waals surface area contributed by atoms with E-state index in [0.29, 0.717) is 11.3 Å². The number of methoxy groups -OCH3 is 1. The van der Waals surface area contributed by atoms with Crippen LogP contribution in [0.5, 0.6) is 5.75 Å². The van der Waals surface area contributed by atoms with Crippen molar-refractivity contribution >= 4 is 46.4 Å². The lowest BCUT2D eigenvalue weighted by molar-refractivity contribution is 0.0942. The van der Waals surface area contributed by atoms with Crippen LogP contribution in [0.25, 0.3) is 0 Å². The number of benzene rings is 2. The van der Waals surface area contributed by atoms with Crippen LogP contribution in [0.15, 0.2) is 48.5 Å². The van der Waals surface area contributed by atoms with Crippen molar-refractivity contribution in [3.8, 4) is 5.75 Å². The van der Waals surface area contributed by atoms with Gasteiger partial charge in [0, 0.05) is 11.3 Å². The first-order chi connectivity index (χ1) is 11.3. The van der Waals surface area contributed by atoms with E-state index in [4.69, 9.17) is 39.5 Å². The van der Waals surface area contributed by atoms with Crippen LogP contribution in [0.4, 0.5) is 5.69 Å². The third kappa shape index (κ3) is 4.94. The van der Waals surface area contributed by atoms with Crippen molar-refractivity contribution in [2.24, 2.45) is 0 Å². The highest BCUT2D eigenvalue weighted by Crippen LogP contribution is 2.32. The van der Waals surface area contributed by atoms with Gasteiger partial charge in [-0.2, -0.15) is 0 Å². The minimum absolute atomic E-state index is 0.366. The van der Waals surface area contributed by atoms with E-state index in [-0.39, 0.29) is 5.91 Å². The molecule has 1 atom stereocenters. The molecular formula is C17H17Cl3N2O2. The molecular weight excluding hydrogens is 371 g/mol. The van der Waals surface area contributed by atoms with Crippen LogP contribution in [-0.4, -0.2) is 23.0 Å². The number of carbonyl (C=O) groups is 1. The Balaban J connectivity index is 2.16. The fraction of sp³-hybridized carbons (Fsp3) is 0.235. The van der Waals surface area contributed by atoms with Crippen LogP contribution in [0.3, 0.4) is 0 Å². The van der Waals surface area contributed by atoms with Crippen molar-refractivity contribution in [3.05, 3.63) is 59.7 Å². The fourth-order valence-corrected chi connectivity index (χ4v) is 2.37. The Morgan fingerprint density at radius 1 is 1.08 bits per heavy atom. The summed E-state index contributed by atoms with van der Waals surface area (Å²) in [5.74, 6) is 0.289. The van der Waals surface area contributed by atoms with Gasteiger partial charge < -0.3 is 15.4 Å². The van der Waals surface area contributed by atoms with Gasteiger partial charge in [-0.15, -0.1) is 0 Å². The molecule has 0 bridgehead atoms. The lowest BCUT2D eigenvalue weighted by Gasteiger charge is -2.28. The lowest BCUT2D eigenvalue weighted by atomic mass is 10.2. The number of halogens is 3. The molecule has 0 saturated heterocycles. The predicted octanol–water partition coefficient (Wildman–Crippen LogP) is 4.54. The zero-order chi connectivity index (χ0) is 17.7. The molecule has 2 N–H and O–H groups in total. The number of hydrogen-bond donors (Lipinski definition) is 2. The molecule has 2 aromatic rings. The van der Waals surface area contributed by atoms with E-state index in [1.807, 2.05) is 31.2 Å². The van der Waals surface area contributed by atoms with Crippen LogP contribution in [-0.2, 0) is 0 Å². The maximum absolute atomic E-state index is 12.4. The van der Waals surface area contributed by atoms with E-state index in [1.165, 1.54) is 0 Å².